The normalized spacial score (nSPS) is 33.9. The van der Waals surface area contributed by atoms with E-state index in [0.29, 0.717) is 0 Å². The van der Waals surface area contributed by atoms with Crippen LogP contribution in [0.4, 0.5) is 0 Å². The van der Waals surface area contributed by atoms with E-state index in [9.17, 15) is 0 Å². The predicted molar refractivity (Wildman–Crippen MR) is 64.0 cm³/mol. The molecule has 0 bridgehead atoms. The molecular weight excluding hydrogens is 192 g/mol. The van der Waals surface area contributed by atoms with Crippen LogP contribution in [0, 0.1) is 0 Å². The van der Waals surface area contributed by atoms with Crippen LogP contribution in [0.1, 0.15) is 25.7 Å². The van der Waals surface area contributed by atoms with Crippen LogP contribution in [0.2, 0.25) is 0 Å². The van der Waals surface area contributed by atoms with Crippen molar-refractivity contribution in [2.45, 2.75) is 37.8 Å². The van der Waals surface area contributed by atoms with E-state index in [-0.39, 0.29) is 0 Å². The van der Waals surface area contributed by atoms with Gasteiger partial charge in [-0.1, -0.05) is 6.42 Å². The summed E-state index contributed by atoms with van der Waals surface area (Å²) in [6.45, 7) is 2.49. The number of hydrogen-bond donors (Lipinski definition) is 1. The lowest BCUT2D eigenvalue weighted by atomic mass is 10.0. The van der Waals surface area contributed by atoms with Crippen molar-refractivity contribution >= 4 is 11.8 Å². The van der Waals surface area contributed by atoms with Crippen LogP contribution in [-0.2, 0) is 0 Å². The van der Waals surface area contributed by atoms with Gasteiger partial charge < -0.3 is 10.2 Å². The van der Waals surface area contributed by atoms with Crippen LogP contribution >= 0.6 is 11.8 Å². The second-order valence-corrected chi connectivity index (χ2v) is 5.75. The van der Waals surface area contributed by atoms with Crippen molar-refractivity contribution in [2.75, 3.05) is 31.6 Å². The molecule has 0 aromatic rings. The highest BCUT2D eigenvalue weighted by molar-refractivity contribution is 7.99. The number of hydrogen-bond acceptors (Lipinski definition) is 3. The van der Waals surface area contributed by atoms with Gasteiger partial charge >= 0.3 is 0 Å². The Balaban J connectivity index is 1.72. The number of thioether (sulfide) groups is 1. The van der Waals surface area contributed by atoms with Crippen LogP contribution < -0.4 is 5.32 Å². The molecule has 0 aromatic heterocycles. The topological polar surface area (TPSA) is 15.3 Å². The average molecular weight is 214 g/mol. The maximum Gasteiger partial charge on any atom is 0.0195 e. The molecule has 0 aliphatic carbocycles. The van der Waals surface area contributed by atoms with Crippen molar-refractivity contribution in [3.8, 4) is 0 Å². The van der Waals surface area contributed by atoms with Crippen LogP contribution in [0.3, 0.4) is 0 Å². The third-order valence-corrected chi connectivity index (χ3v) is 4.59. The largest absolute Gasteiger partial charge is 0.313 e. The summed E-state index contributed by atoms with van der Waals surface area (Å²) in [5.74, 6) is 2.72. The third-order valence-electron chi connectivity index (χ3n) is 3.45. The van der Waals surface area contributed by atoms with Gasteiger partial charge in [0.15, 0.2) is 0 Å². The van der Waals surface area contributed by atoms with Crippen molar-refractivity contribution in [3.05, 3.63) is 0 Å². The maximum absolute atomic E-state index is 3.62. The SMILES string of the molecule is CN(CC1CCCCN1)C1CCSC1. The predicted octanol–water partition coefficient (Wildman–Crippen LogP) is 1.57. The van der Waals surface area contributed by atoms with Gasteiger partial charge in [-0.15, -0.1) is 0 Å². The van der Waals surface area contributed by atoms with Gasteiger partial charge in [0.05, 0.1) is 0 Å². The fraction of sp³-hybridized carbons (Fsp3) is 1.00. The van der Waals surface area contributed by atoms with Crippen LogP contribution in [-0.4, -0.2) is 48.6 Å². The first-order chi connectivity index (χ1) is 6.86. The van der Waals surface area contributed by atoms with Crippen molar-refractivity contribution < 1.29 is 0 Å². The van der Waals surface area contributed by atoms with E-state index in [2.05, 4.69) is 29.0 Å². The molecule has 2 nitrogen and oxygen atoms in total. The van der Waals surface area contributed by atoms with E-state index >= 15 is 0 Å². The Kier molecular flexibility index (Phi) is 4.14. The summed E-state index contributed by atoms with van der Waals surface area (Å²) in [6, 6.07) is 1.61. The molecule has 0 amide bonds. The standard InChI is InChI=1S/C11H22N2S/c1-13(11-5-7-14-9-11)8-10-4-2-3-6-12-10/h10-12H,2-9H2,1H3. The molecule has 2 rings (SSSR count). The zero-order chi connectivity index (χ0) is 9.80. The smallest absolute Gasteiger partial charge is 0.0195 e. The minimum Gasteiger partial charge on any atom is -0.313 e. The van der Waals surface area contributed by atoms with E-state index in [0.717, 1.165) is 12.1 Å². The lowest BCUT2D eigenvalue weighted by Crippen LogP contribution is -2.45. The Morgan fingerprint density at radius 1 is 1.36 bits per heavy atom. The molecule has 2 aliphatic heterocycles. The van der Waals surface area contributed by atoms with E-state index in [1.807, 2.05) is 0 Å². The van der Waals surface area contributed by atoms with Crippen molar-refractivity contribution in [2.24, 2.45) is 0 Å². The van der Waals surface area contributed by atoms with Crippen molar-refractivity contribution in [1.82, 2.24) is 10.2 Å². The highest BCUT2D eigenvalue weighted by Crippen LogP contribution is 2.22. The van der Waals surface area contributed by atoms with Gasteiger partial charge in [-0.25, -0.2) is 0 Å². The Labute approximate surface area is 91.8 Å². The van der Waals surface area contributed by atoms with Gasteiger partial charge in [-0.3, -0.25) is 0 Å². The van der Waals surface area contributed by atoms with Gasteiger partial charge in [0.2, 0.25) is 0 Å². The lowest BCUT2D eigenvalue weighted by Gasteiger charge is -2.31. The molecular formula is C11H22N2S. The van der Waals surface area contributed by atoms with Gasteiger partial charge in [-0.05, 0) is 38.6 Å². The molecule has 2 saturated heterocycles. The molecule has 0 aromatic carbocycles. The first-order valence-electron chi connectivity index (χ1n) is 5.87. The average Bonchev–Trinajstić information content (AvgIpc) is 2.72. The second-order valence-electron chi connectivity index (χ2n) is 4.60. The summed E-state index contributed by atoms with van der Waals surface area (Å²) in [6.07, 6.45) is 5.57. The Morgan fingerprint density at radius 3 is 2.93 bits per heavy atom. The molecule has 14 heavy (non-hydrogen) atoms. The molecule has 2 heterocycles. The van der Waals surface area contributed by atoms with Gasteiger partial charge in [0, 0.05) is 24.4 Å². The number of rotatable bonds is 3. The highest BCUT2D eigenvalue weighted by Gasteiger charge is 2.22. The van der Waals surface area contributed by atoms with E-state index < -0.39 is 0 Å². The van der Waals surface area contributed by atoms with Crippen LogP contribution in [0.25, 0.3) is 0 Å². The second kappa shape index (κ2) is 5.38. The number of nitrogens with zero attached hydrogens (tertiary/aromatic N) is 1. The fourth-order valence-electron chi connectivity index (χ4n) is 2.45. The summed E-state index contributed by atoms with van der Waals surface area (Å²) < 4.78 is 0. The fourth-order valence-corrected chi connectivity index (χ4v) is 3.74. The van der Waals surface area contributed by atoms with Gasteiger partial charge in [-0.2, -0.15) is 11.8 Å². The molecule has 2 atom stereocenters. The Morgan fingerprint density at radius 2 is 2.29 bits per heavy atom. The lowest BCUT2D eigenvalue weighted by molar-refractivity contribution is 0.216. The molecule has 0 radical (unpaired) electrons. The summed E-state index contributed by atoms with van der Waals surface area (Å²) >= 11 is 2.11. The molecule has 1 N–H and O–H groups in total. The van der Waals surface area contributed by atoms with Crippen molar-refractivity contribution in [1.29, 1.82) is 0 Å². The zero-order valence-electron chi connectivity index (χ0n) is 9.17. The summed E-state index contributed by atoms with van der Waals surface area (Å²) in [5.41, 5.74) is 0. The molecule has 0 spiro atoms. The summed E-state index contributed by atoms with van der Waals surface area (Å²) in [5, 5.41) is 3.62. The first kappa shape index (κ1) is 10.8. The van der Waals surface area contributed by atoms with Crippen LogP contribution in [0.15, 0.2) is 0 Å². The van der Waals surface area contributed by atoms with E-state index in [4.69, 9.17) is 0 Å². The van der Waals surface area contributed by atoms with Crippen LogP contribution in [0.5, 0.6) is 0 Å². The molecule has 3 heteroatoms. The Bertz CT molecular complexity index is 163. The van der Waals surface area contributed by atoms with Gasteiger partial charge in [0.1, 0.15) is 0 Å². The highest BCUT2D eigenvalue weighted by atomic mass is 32.2. The number of likely N-dealkylation sites (N-methyl/N-ethyl adjacent to an activating group) is 1. The third kappa shape index (κ3) is 2.88. The minimum absolute atomic E-state index is 0.763. The van der Waals surface area contributed by atoms with Gasteiger partial charge in [0.25, 0.3) is 0 Å². The quantitative estimate of drug-likeness (QED) is 0.768. The molecule has 82 valence electrons. The summed E-state index contributed by atoms with van der Waals surface area (Å²) in [4.78, 5) is 2.57. The first-order valence-corrected chi connectivity index (χ1v) is 7.03. The number of piperidine rings is 1. The minimum atomic E-state index is 0.763. The number of nitrogens with one attached hydrogen (secondary N) is 1. The Hall–Kier alpha value is 0.270. The van der Waals surface area contributed by atoms with Crippen molar-refractivity contribution in [3.63, 3.8) is 0 Å². The summed E-state index contributed by atoms with van der Waals surface area (Å²) in [7, 11) is 2.30. The molecule has 2 unspecified atom stereocenters. The zero-order valence-corrected chi connectivity index (χ0v) is 9.98. The van der Waals surface area contributed by atoms with E-state index in [1.54, 1.807) is 0 Å². The molecule has 0 saturated carbocycles. The maximum atomic E-state index is 3.62. The molecule has 2 fully saturated rings. The van der Waals surface area contributed by atoms with E-state index in [1.165, 1.54) is 50.3 Å². The molecule has 2 aliphatic rings. The monoisotopic (exact) mass is 214 g/mol.